The second kappa shape index (κ2) is 6.47. The molecule has 2 heterocycles. The van der Waals surface area contributed by atoms with E-state index in [1.54, 1.807) is 0 Å². The topological polar surface area (TPSA) is 69.4 Å². The van der Waals surface area contributed by atoms with E-state index in [0.29, 0.717) is 25.0 Å². The van der Waals surface area contributed by atoms with Crippen LogP contribution in [0.3, 0.4) is 0 Å². The summed E-state index contributed by atoms with van der Waals surface area (Å²) in [5.74, 6) is 2.50. The lowest BCUT2D eigenvalue weighted by Gasteiger charge is -2.22. The van der Waals surface area contributed by atoms with Crippen LogP contribution < -0.4 is 14.8 Å². The Morgan fingerprint density at radius 3 is 2.64 bits per heavy atom. The van der Waals surface area contributed by atoms with E-state index in [-0.39, 0.29) is 6.04 Å². The van der Waals surface area contributed by atoms with Gasteiger partial charge in [0.1, 0.15) is 19.3 Å². The molecule has 0 fully saturated rings. The average Bonchev–Trinajstić information content (AvgIpc) is 3.13. The number of hydrogen-bond acceptors (Lipinski definition) is 6. The van der Waals surface area contributed by atoms with Crippen molar-refractivity contribution >= 4 is 5.69 Å². The summed E-state index contributed by atoms with van der Waals surface area (Å²) < 4.78 is 17.2. The average molecular weight is 337 g/mol. The molecular weight excluding hydrogens is 318 g/mol. The van der Waals surface area contributed by atoms with Crippen LogP contribution in [0.2, 0.25) is 0 Å². The third-order valence-electron chi connectivity index (χ3n) is 4.05. The first-order chi connectivity index (χ1) is 12.2. The number of fused-ring (bicyclic) bond motifs is 1. The molecule has 2 aromatic carbocycles. The van der Waals surface area contributed by atoms with Crippen LogP contribution >= 0.6 is 0 Å². The molecule has 0 saturated heterocycles. The van der Waals surface area contributed by atoms with Gasteiger partial charge in [0.2, 0.25) is 11.8 Å². The summed E-state index contributed by atoms with van der Waals surface area (Å²) in [5.41, 5.74) is 2.94. The van der Waals surface area contributed by atoms with Crippen molar-refractivity contribution in [1.82, 2.24) is 10.2 Å². The lowest BCUT2D eigenvalue weighted by atomic mass is 10.1. The van der Waals surface area contributed by atoms with E-state index >= 15 is 0 Å². The van der Waals surface area contributed by atoms with Crippen LogP contribution in [-0.2, 0) is 0 Å². The summed E-state index contributed by atoms with van der Waals surface area (Å²) in [7, 11) is 0. The minimum absolute atomic E-state index is 0.163. The van der Waals surface area contributed by atoms with E-state index < -0.39 is 0 Å². The lowest BCUT2D eigenvalue weighted by molar-refractivity contribution is 0.172. The first-order valence-corrected chi connectivity index (χ1v) is 8.26. The predicted octanol–water partition coefficient (Wildman–Crippen LogP) is 3.99. The maximum absolute atomic E-state index is 5.83. The minimum atomic E-state index is -0.163. The van der Waals surface area contributed by atoms with Gasteiger partial charge < -0.3 is 19.2 Å². The van der Waals surface area contributed by atoms with Crippen LogP contribution in [0.5, 0.6) is 11.5 Å². The SMILES string of the molecule is Cc1ccc(-c2nnc(C(C)Nc3cccc4c3OCCO4)o2)cc1. The molecule has 25 heavy (non-hydrogen) atoms. The molecule has 0 amide bonds. The number of para-hydroxylation sites is 1. The van der Waals surface area contributed by atoms with E-state index in [1.807, 2.05) is 56.3 Å². The van der Waals surface area contributed by atoms with Gasteiger partial charge in [-0.2, -0.15) is 0 Å². The molecule has 1 N–H and O–H groups in total. The Balaban J connectivity index is 1.54. The summed E-state index contributed by atoms with van der Waals surface area (Å²) in [5, 5.41) is 11.7. The van der Waals surface area contributed by atoms with E-state index in [0.717, 1.165) is 22.7 Å². The van der Waals surface area contributed by atoms with Gasteiger partial charge in [0, 0.05) is 5.56 Å². The highest BCUT2D eigenvalue weighted by Gasteiger charge is 2.20. The van der Waals surface area contributed by atoms with Crippen molar-refractivity contribution in [1.29, 1.82) is 0 Å². The Labute approximate surface area is 145 Å². The van der Waals surface area contributed by atoms with Gasteiger partial charge in [-0.05, 0) is 38.1 Å². The summed E-state index contributed by atoms with van der Waals surface area (Å²) >= 11 is 0. The number of hydrogen-bond donors (Lipinski definition) is 1. The largest absolute Gasteiger partial charge is 0.486 e. The van der Waals surface area contributed by atoms with Crippen molar-refractivity contribution in [2.45, 2.75) is 19.9 Å². The number of rotatable bonds is 4. The zero-order chi connectivity index (χ0) is 17.2. The monoisotopic (exact) mass is 337 g/mol. The Bertz CT molecular complexity index is 874. The molecule has 4 rings (SSSR count). The first-order valence-electron chi connectivity index (χ1n) is 8.26. The zero-order valence-electron chi connectivity index (χ0n) is 14.2. The molecule has 0 radical (unpaired) electrons. The number of anilines is 1. The molecule has 1 aliphatic rings. The molecule has 1 aromatic heterocycles. The van der Waals surface area contributed by atoms with Crippen molar-refractivity contribution in [3.05, 3.63) is 53.9 Å². The second-order valence-corrected chi connectivity index (χ2v) is 6.01. The third kappa shape index (κ3) is 3.15. The number of ether oxygens (including phenoxy) is 2. The van der Waals surface area contributed by atoms with Crippen molar-refractivity contribution < 1.29 is 13.9 Å². The fourth-order valence-corrected chi connectivity index (χ4v) is 2.70. The number of benzene rings is 2. The number of nitrogens with zero attached hydrogens (tertiary/aromatic N) is 2. The van der Waals surface area contributed by atoms with E-state index in [9.17, 15) is 0 Å². The zero-order valence-corrected chi connectivity index (χ0v) is 14.2. The Kier molecular flexibility index (Phi) is 4.01. The maximum Gasteiger partial charge on any atom is 0.247 e. The van der Waals surface area contributed by atoms with Crippen molar-refractivity contribution in [2.24, 2.45) is 0 Å². The van der Waals surface area contributed by atoms with Crippen LogP contribution in [0.15, 0.2) is 46.9 Å². The molecule has 0 spiro atoms. The number of aromatic nitrogens is 2. The summed E-state index contributed by atoms with van der Waals surface area (Å²) in [6.45, 7) is 5.12. The van der Waals surface area contributed by atoms with Gasteiger partial charge in [0.25, 0.3) is 0 Å². The predicted molar refractivity (Wildman–Crippen MR) is 93.9 cm³/mol. The lowest BCUT2D eigenvalue weighted by Crippen LogP contribution is -2.17. The molecule has 0 aliphatic carbocycles. The van der Waals surface area contributed by atoms with Crippen LogP contribution in [-0.4, -0.2) is 23.4 Å². The van der Waals surface area contributed by atoms with Crippen molar-refractivity contribution in [3.63, 3.8) is 0 Å². The Hall–Kier alpha value is -3.02. The smallest absolute Gasteiger partial charge is 0.247 e. The van der Waals surface area contributed by atoms with Gasteiger partial charge >= 0.3 is 0 Å². The first kappa shape index (κ1) is 15.5. The van der Waals surface area contributed by atoms with Gasteiger partial charge in [-0.3, -0.25) is 0 Å². The van der Waals surface area contributed by atoms with Crippen LogP contribution in [0.25, 0.3) is 11.5 Å². The maximum atomic E-state index is 5.83. The summed E-state index contributed by atoms with van der Waals surface area (Å²) in [6, 6.07) is 13.6. The molecule has 1 atom stereocenters. The molecule has 6 heteroatoms. The molecule has 1 unspecified atom stereocenters. The van der Waals surface area contributed by atoms with Gasteiger partial charge in [-0.15, -0.1) is 10.2 Å². The van der Waals surface area contributed by atoms with Gasteiger partial charge in [-0.1, -0.05) is 23.8 Å². The van der Waals surface area contributed by atoms with E-state index in [4.69, 9.17) is 13.9 Å². The standard InChI is InChI=1S/C19H19N3O3/c1-12-6-8-14(9-7-12)19-22-21-18(25-19)13(2)20-15-4-3-5-16-17(15)24-11-10-23-16/h3-9,13,20H,10-11H2,1-2H3. The summed E-state index contributed by atoms with van der Waals surface area (Å²) in [6.07, 6.45) is 0. The van der Waals surface area contributed by atoms with Crippen molar-refractivity contribution in [2.75, 3.05) is 18.5 Å². The Morgan fingerprint density at radius 1 is 1.00 bits per heavy atom. The molecule has 3 aromatic rings. The molecule has 0 bridgehead atoms. The Morgan fingerprint density at radius 2 is 1.80 bits per heavy atom. The van der Waals surface area contributed by atoms with Gasteiger partial charge in [0.15, 0.2) is 11.5 Å². The quantitative estimate of drug-likeness (QED) is 0.776. The third-order valence-corrected chi connectivity index (χ3v) is 4.05. The van der Waals surface area contributed by atoms with Crippen molar-refractivity contribution in [3.8, 4) is 23.0 Å². The minimum Gasteiger partial charge on any atom is -0.486 e. The highest BCUT2D eigenvalue weighted by Crippen LogP contribution is 2.38. The fraction of sp³-hybridized carbons (Fsp3) is 0.263. The summed E-state index contributed by atoms with van der Waals surface area (Å²) in [4.78, 5) is 0. The molecule has 1 aliphatic heterocycles. The highest BCUT2D eigenvalue weighted by atomic mass is 16.6. The molecule has 6 nitrogen and oxygen atoms in total. The second-order valence-electron chi connectivity index (χ2n) is 6.01. The van der Waals surface area contributed by atoms with Gasteiger partial charge in [-0.25, -0.2) is 0 Å². The van der Waals surface area contributed by atoms with E-state index in [1.165, 1.54) is 5.56 Å². The van der Waals surface area contributed by atoms with Gasteiger partial charge in [0.05, 0.1) is 5.69 Å². The molecule has 0 saturated carbocycles. The highest BCUT2D eigenvalue weighted by molar-refractivity contribution is 5.64. The molecular formula is C19H19N3O3. The normalized spacial score (nSPS) is 14.2. The fourth-order valence-electron chi connectivity index (χ4n) is 2.70. The molecule has 128 valence electrons. The van der Waals surface area contributed by atoms with E-state index in [2.05, 4.69) is 15.5 Å². The number of aryl methyl sites for hydroxylation is 1. The number of nitrogens with one attached hydrogen (secondary N) is 1. The van der Waals surface area contributed by atoms with Crippen LogP contribution in [0.4, 0.5) is 5.69 Å². The van der Waals surface area contributed by atoms with Crippen LogP contribution in [0, 0.1) is 6.92 Å². The van der Waals surface area contributed by atoms with Crippen LogP contribution in [0.1, 0.15) is 24.4 Å².